The van der Waals surface area contributed by atoms with Crippen LogP contribution in [0.5, 0.6) is 5.75 Å². The lowest BCUT2D eigenvalue weighted by molar-refractivity contribution is -0.140. The van der Waals surface area contributed by atoms with Gasteiger partial charge in [-0.15, -0.1) is 0 Å². The van der Waals surface area contributed by atoms with Crippen molar-refractivity contribution in [3.05, 3.63) is 65.2 Å². The number of nitrogens with one attached hydrogen (secondary N) is 1. The van der Waals surface area contributed by atoms with Crippen LogP contribution in [0.4, 0.5) is 0 Å². The molecule has 0 spiro atoms. The Morgan fingerprint density at radius 3 is 2.40 bits per heavy atom. The summed E-state index contributed by atoms with van der Waals surface area (Å²) < 4.78 is 5.30. The number of ether oxygens (including phenoxy) is 1. The second-order valence-electron chi connectivity index (χ2n) is 12.6. The van der Waals surface area contributed by atoms with Crippen molar-refractivity contribution in [3.8, 4) is 5.75 Å². The number of nitrogens with zero attached hydrogens (tertiary/aromatic N) is 2. The summed E-state index contributed by atoms with van der Waals surface area (Å²) in [6.45, 7) is 9.28. The number of hydrogen-bond acceptors (Lipinski definition) is 4. The van der Waals surface area contributed by atoms with Crippen LogP contribution in [0.25, 0.3) is 0 Å². The molecule has 7 heteroatoms. The summed E-state index contributed by atoms with van der Waals surface area (Å²) in [5, 5.41) is 3.31. The third kappa shape index (κ3) is 7.43. The first kappa shape index (κ1) is 29.6. The van der Waals surface area contributed by atoms with E-state index in [1.54, 1.807) is 24.1 Å². The Balaban J connectivity index is 1.57. The standard InChI is InChI=1S/C33H45N3O4/c1-23-10-8-11-24(20-23)22-36(32(39)25-15-17-26(40-5)18-16-25)28-13-7-6-12-27(28)34-31(38)29-14-9-19-35(29)30(37)21-33(2,3)4/h8,10-11,15-18,20,27-29H,6-7,9,12-14,19,21-22H2,1-5H3,(H,34,38)/t27-,28-,29+/m1/s1. The zero-order valence-corrected chi connectivity index (χ0v) is 24.7. The van der Waals surface area contributed by atoms with Crippen molar-refractivity contribution >= 4 is 17.7 Å². The molecule has 1 aliphatic heterocycles. The molecule has 1 saturated heterocycles. The van der Waals surface area contributed by atoms with Crippen molar-refractivity contribution in [2.24, 2.45) is 5.41 Å². The Labute approximate surface area is 239 Å². The van der Waals surface area contributed by atoms with Crippen LogP contribution in [-0.4, -0.2) is 59.3 Å². The number of hydrogen-bond donors (Lipinski definition) is 1. The molecule has 3 amide bonds. The van der Waals surface area contributed by atoms with E-state index in [0.29, 0.717) is 37.2 Å². The van der Waals surface area contributed by atoms with Gasteiger partial charge < -0.3 is 19.9 Å². The van der Waals surface area contributed by atoms with Crippen LogP contribution in [0.15, 0.2) is 48.5 Å². The average molecular weight is 548 g/mol. The Kier molecular flexibility index (Phi) is 9.54. The highest BCUT2D eigenvalue weighted by Crippen LogP contribution is 2.29. The molecule has 1 saturated carbocycles. The molecule has 40 heavy (non-hydrogen) atoms. The quantitative estimate of drug-likeness (QED) is 0.473. The smallest absolute Gasteiger partial charge is 0.254 e. The zero-order valence-electron chi connectivity index (χ0n) is 24.7. The molecule has 1 N–H and O–H groups in total. The van der Waals surface area contributed by atoms with Crippen LogP contribution in [0.1, 0.15) is 87.2 Å². The van der Waals surface area contributed by atoms with Crippen molar-refractivity contribution in [1.29, 1.82) is 0 Å². The van der Waals surface area contributed by atoms with Gasteiger partial charge in [0.25, 0.3) is 5.91 Å². The van der Waals surface area contributed by atoms with Crippen LogP contribution < -0.4 is 10.1 Å². The van der Waals surface area contributed by atoms with Crippen LogP contribution in [0.2, 0.25) is 0 Å². The summed E-state index contributed by atoms with van der Waals surface area (Å²) in [6, 6.07) is 14.7. The molecule has 2 aromatic carbocycles. The molecule has 7 nitrogen and oxygen atoms in total. The summed E-state index contributed by atoms with van der Waals surface area (Å²) in [7, 11) is 1.61. The topological polar surface area (TPSA) is 79.0 Å². The first-order chi connectivity index (χ1) is 19.1. The van der Waals surface area contributed by atoms with E-state index in [1.807, 2.05) is 43.9 Å². The Bertz CT molecular complexity index is 1190. The summed E-state index contributed by atoms with van der Waals surface area (Å²) >= 11 is 0. The normalized spacial score (nSPS) is 21.1. The SMILES string of the molecule is COc1ccc(C(=O)N(Cc2cccc(C)c2)[C@@H]2CCCC[C@H]2NC(=O)[C@@H]2CCCN2C(=O)CC(C)(C)C)cc1. The molecule has 0 unspecified atom stereocenters. The summed E-state index contributed by atoms with van der Waals surface area (Å²) in [4.78, 5) is 44.4. The molecule has 2 aliphatic rings. The van der Waals surface area contributed by atoms with E-state index in [4.69, 9.17) is 4.74 Å². The number of amides is 3. The number of methoxy groups -OCH3 is 1. The number of aryl methyl sites for hydroxylation is 1. The predicted molar refractivity (Wildman–Crippen MR) is 157 cm³/mol. The summed E-state index contributed by atoms with van der Waals surface area (Å²) in [6.07, 6.45) is 5.54. The van der Waals surface area contributed by atoms with Gasteiger partial charge >= 0.3 is 0 Å². The Morgan fingerprint density at radius 2 is 1.73 bits per heavy atom. The van der Waals surface area contributed by atoms with Gasteiger partial charge in [-0.3, -0.25) is 14.4 Å². The first-order valence-corrected chi connectivity index (χ1v) is 14.7. The van der Waals surface area contributed by atoms with Gasteiger partial charge in [0, 0.05) is 31.1 Å². The zero-order chi connectivity index (χ0) is 28.9. The fraction of sp³-hybridized carbons (Fsp3) is 0.545. The van der Waals surface area contributed by atoms with Gasteiger partial charge in [0.05, 0.1) is 13.2 Å². The number of benzene rings is 2. The van der Waals surface area contributed by atoms with Gasteiger partial charge in [0.2, 0.25) is 11.8 Å². The van der Waals surface area contributed by atoms with Crippen molar-refractivity contribution in [3.63, 3.8) is 0 Å². The number of carbonyl (C=O) groups excluding carboxylic acids is 3. The third-order valence-corrected chi connectivity index (χ3v) is 8.05. The molecule has 0 aromatic heterocycles. The van der Waals surface area contributed by atoms with Gasteiger partial charge in [-0.1, -0.05) is 63.4 Å². The van der Waals surface area contributed by atoms with E-state index in [9.17, 15) is 14.4 Å². The maximum absolute atomic E-state index is 14.0. The Morgan fingerprint density at radius 1 is 1.00 bits per heavy atom. The van der Waals surface area contributed by atoms with E-state index in [2.05, 4.69) is 30.4 Å². The highest BCUT2D eigenvalue weighted by molar-refractivity contribution is 5.95. The average Bonchev–Trinajstić information content (AvgIpc) is 3.42. The van der Waals surface area contributed by atoms with Gasteiger partial charge in [0.1, 0.15) is 11.8 Å². The largest absolute Gasteiger partial charge is 0.497 e. The van der Waals surface area contributed by atoms with Crippen LogP contribution in [-0.2, 0) is 16.1 Å². The molecule has 1 heterocycles. The van der Waals surface area contributed by atoms with E-state index in [0.717, 1.165) is 43.2 Å². The molecule has 1 aliphatic carbocycles. The fourth-order valence-electron chi connectivity index (χ4n) is 6.07. The predicted octanol–water partition coefficient (Wildman–Crippen LogP) is 5.50. The number of carbonyl (C=O) groups is 3. The third-order valence-electron chi connectivity index (χ3n) is 8.05. The van der Waals surface area contributed by atoms with Crippen molar-refractivity contribution in [2.75, 3.05) is 13.7 Å². The monoisotopic (exact) mass is 547 g/mol. The maximum Gasteiger partial charge on any atom is 0.254 e. The first-order valence-electron chi connectivity index (χ1n) is 14.7. The molecule has 4 rings (SSSR count). The lowest BCUT2D eigenvalue weighted by atomic mass is 9.88. The second kappa shape index (κ2) is 12.9. The van der Waals surface area contributed by atoms with E-state index in [1.165, 1.54) is 0 Å². The number of likely N-dealkylation sites (tertiary alicyclic amines) is 1. The van der Waals surface area contributed by atoms with Gasteiger partial charge in [-0.05, 0) is 67.9 Å². The minimum Gasteiger partial charge on any atom is -0.497 e. The van der Waals surface area contributed by atoms with Crippen LogP contribution in [0, 0.1) is 12.3 Å². The van der Waals surface area contributed by atoms with E-state index < -0.39 is 6.04 Å². The minimum absolute atomic E-state index is 0.0427. The maximum atomic E-state index is 14.0. The van der Waals surface area contributed by atoms with E-state index in [-0.39, 0.29) is 35.2 Å². The van der Waals surface area contributed by atoms with E-state index >= 15 is 0 Å². The molecular formula is C33H45N3O4. The molecule has 0 bridgehead atoms. The second-order valence-corrected chi connectivity index (χ2v) is 12.6. The highest BCUT2D eigenvalue weighted by atomic mass is 16.5. The van der Waals surface area contributed by atoms with Gasteiger partial charge in [0.15, 0.2) is 0 Å². The molecule has 2 aromatic rings. The van der Waals surface area contributed by atoms with Gasteiger partial charge in [-0.2, -0.15) is 0 Å². The highest BCUT2D eigenvalue weighted by Gasteiger charge is 2.39. The van der Waals surface area contributed by atoms with Gasteiger partial charge in [-0.25, -0.2) is 0 Å². The molecule has 3 atom stereocenters. The van der Waals surface area contributed by atoms with Crippen LogP contribution in [0.3, 0.4) is 0 Å². The summed E-state index contributed by atoms with van der Waals surface area (Å²) in [5.74, 6) is 0.593. The molecule has 2 fully saturated rings. The lowest BCUT2D eigenvalue weighted by Gasteiger charge is -2.41. The molecular weight excluding hydrogens is 502 g/mol. The summed E-state index contributed by atoms with van der Waals surface area (Å²) in [5.41, 5.74) is 2.67. The van der Waals surface area contributed by atoms with Crippen molar-refractivity contribution < 1.29 is 19.1 Å². The molecule has 216 valence electrons. The Hall–Kier alpha value is -3.35. The van der Waals surface area contributed by atoms with Crippen molar-refractivity contribution in [1.82, 2.24) is 15.1 Å². The lowest BCUT2D eigenvalue weighted by Crippen LogP contribution is -2.57. The van der Waals surface area contributed by atoms with Crippen molar-refractivity contribution in [2.45, 2.75) is 97.3 Å². The molecule has 0 radical (unpaired) electrons. The number of rotatable bonds is 8. The minimum atomic E-state index is -0.445. The van der Waals surface area contributed by atoms with Crippen LogP contribution >= 0.6 is 0 Å². The fourth-order valence-corrected chi connectivity index (χ4v) is 6.07.